The number of ether oxygens (including phenoxy) is 2. The van der Waals surface area contributed by atoms with Gasteiger partial charge in [-0.25, -0.2) is 0 Å². The summed E-state index contributed by atoms with van der Waals surface area (Å²) in [7, 11) is 3.53. The third-order valence-corrected chi connectivity index (χ3v) is 5.96. The number of para-hydroxylation sites is 1. The molecule has 0 atom stereocenters. The van der Waals surface area contributed by atoms with Crippen molar-refractivity contribution in [2.45, 2.75) is 64.1 Å². The molecule has 1 heterocycles. The molecular formula is C24H39IN4O2. The third kappa shape index (κ3) is 7.86. The van der Waals surface area contributed by atoms with Crippen LogP contribution >= 0.6 is 24.0 Å². The molecular weight excluding hydrogens is 503 g/mol. The molecule has 6 nitrogen and oxygen atoms in total. The van der Waals surface area contributed by atoms with E-state index in [1.807, 2.05) is 19.2 Å². The highest BCUT2D eigenvalue weighted by atomic mass is 127. The number of methoxy groups -OCH3 is 1. The Morgan fingerprint density at radius 2 is 1.90 bits per heavy atom. The van der Waals surface area contributed by atoms with Crippen LogP contribution in [-0.2, 0) is 6.54 Å². The Bertz CT molecular complexity index is 726. The summed E-state index contributed by atoms with van der Waals surface area (Å²) in [6.07, 6.45) is 7.26. The van der Waals surface area contributed by atoms with Crippen LogP contribution in [0.1, 0.15) is 51.0 Å². The first-order valence-electron chi connectivity index (χ1n) is 11.3. The fourth-order valence-corrected chi connectivity index (χ4v) is 4.35. The molecule has 0 spiro atoms. The van der Waals surface area contributed by atoms with E-state index in [-0.39, 0.29) is 24.0 Å². The van der Waals surface area contributed by atoms with Crippen molar-refractivity contribution in [3.63, 3.8) is 0 Å². The van der Waals surface area contributed by atoms with Crippen molar-refractivity contribution in [1.82, 2.24) is 15.5 Å². The Morgan fingerprint density at radius 3 is 2.52 bits per heavy atom. The molecule has 0 bridgehead atoms. The van der Waals surface area contributed by atoms with Crippen LogP contribution in [0.25, 0.3) is 0 Å². The Balaban J connectivity index is 0.00000341. The number of hydrogen-bond donors (Lipinski definition) is 2. The van der Waals surface area contributed by atoms with Crippen molar-refractivity contribution in [3.8, 4) is 11.5 Å². The molecule has 1 aromatic rings. The van der Waals surface area contributed by atoms with E-state index in [0.717, 1.165) is 68.3 Å². The van der Waals surface area contributed by atoms with E-state index >= 15 is 0 Å². The van der Waals surface area contributed by atoms with Crippen LogP contribution in [-0.4, -0.2) is 56.8 Å². The fraction of sp³-hybridized carbons (Fsp3) is 0.625. The molecule has 0 aromatic heterocycles. The first-order valence-corrected chi connectivity index (χ1v) is 11.3. The predicted molar refractivity (Wildman–Crippen MR) is 139 cm³/mol. The van der Waals surface area contributed by atoms with Crippen molar-refractivity contribution in [2.75, 3.05) is 33.8 Å². The second kappa shape index (κ2) is 13.2. The smallest absolute Gasteiger partial charge is 0.191 e. The van der Waals surface area contributed by atoms with Gasteiger partial charge in [0, 0.05) is 44.8 Å². The van der Waals surface area contributed by atoms with Crippen LogP contribution in [0.15, 0.2) is 35.3 Å². The molecule has 1 aliphatic heterocycles. The van der Waals surface area contributed by atoms with Gasteiger partial charge in [-0.1, -0.05) is 24.3 Å². The molecule has 7 heteroatoms. The largest absolute Gasteiger partial charge is 0.493 e. The summed E-state index contributed by atoms with van der Waals surface area (Å²) < 4.78 is 11.9. The average Bonchev–Trinajstić information content (AvgIpc) is 3.26. The van der Waals surface area contributed by atoms with Gasteiger partial charge in [-0.05, 0) is 51.5 Å². The maximum atomic E-state index is 6.35. The fourth-order valence-electron chi connectivity index (χ4n) is 4.35. The lowest BCUT2D eigenvalue weighted by Crippen LogP contribution is -2.48. The molecule has 0 unspecified atom stereocenters. The van der Waals surface area contributed by atoms with Gasteiger partial charge in [-0.2, -0.15) is 0 Å². The first kappa shape index (κ1) is 25.8. The van der Waals surface area contributed by atoms with Gasteiger partial charge in [0.25, 0.3) is 0 Å². The maximum absolute atomic E-state index is 6.35. The van der Waals surface area contributed by atoms with Crippen molar-refractivity contribution < 1.29 is 9.47 Å². The van der Waals surface area contributed by atoms with E-state index in [1.165, 1.54) is 18.4 Å². The van der Waals surface area contributed by atoms with Gasteiger partial charge in [0.2, 0.25) is 0 Å². The SMILES string of the molecule is C=C(C)CN1CCC(NC(=NC)NCc2cccc(OC)c2OC2CCCC2)CC1.I. The zero-order valence-electron chi connectivity index (χ0n) is 19.3. The molecule has 3 rings (SSSR count). The number of benzene rings is 1. The predicted octanol–water partition coefficient (Wildman–Crippen LogP) is 4.34. The second-order valence-corrected chi connectivity index (χ2v) is 8.55. The molecule has 1 aliphatic carbocycles. The van der Waals surface area contributed by atoms with Crippen molar-refractivity contribution in [1.29, 1.82) is 0 Å². The number of rotatable bonds is 8. The van der Waals surface area contributed by atoms with Crippen LogP contribution in [0.3, 0.4) is 0 Å². The van der Waals surface area contributed by atoms with E-state index in [4.69, 9.17) is 9.47 Å². The number of nitrogens with one attached hydrogen (secondary N) is 2. The summed E-state index contributed by atoms with van der Waals surface area (Å²) in [5.74, 6) is 2.50. The Morgan fingerprint density at radius 1 is 1.19 bits per heavy atom. The van der Waals surface area contributed by atoms with Gasteiger partial charge < -0.3 is 20.1 Å². The lowest BCUT2D eigenvalue weighted by atomic mass is 10.0. The number of halogens is 1. The minimum Gasteiger partial charge on any atom is -0.493 e. The average molecular weight is 543 g/mol. The number of piperidine rings is 1. The minimum atomic E-state index is 0. The summed E-state index contributed by atoms with van der Waals surface area (Å²) in [5.41, 5.74) is 2.33. The van der Waals surface area contributed by atoms with E-state index in [1.54, 1.807) is 7.11 Å². The summed E-state index contributed by atoms with van der Waals surface area (Å²) in [6.45, 7) is 9.96. The molecule has 0 radical (unpaired) electrons. The summed E-state index contributed by atoms with van der Waals surface area (Å²) in [6, 6.07) is 6.53. The first-order chi connectivity index (χ1) is 14.6. The normalized spacial score (nSPS) is 18.4. The summed E-state index contributed by atoms with van der Waals surface area (Å²) >= 11 is 0. The highest BCUT2D eigenvalue weighted by Crippen LogP contribution is 2.34. The van der Waals surface area contributed by atoms with E-state index in [2.05, 4.69) is 40.1 Å². The van der Waals surface area contributed by atoms with Gasteiger partial charge in [-0.3, -0.25) is 9.89 Å². The highest BCUT2D eigenvalue weighted by molar-refractivity contribution is 14.0. The number of likely N-dealkylation sites (tertiary alicyclic amines) is 1. The van der Waals surface area contributed by atoms with Gasteiger partial charge >= 0.3 is 0 Å². The number of nitrogens with zero attached hydrogens (tertiary/aromatic N) is 2. The Hall–Kier alpha value is -1.48. The zero-order chi connectivity index (χ0) is 21.3. The van der Waals surface area contributed by atoms with Gasteiger partial charge in [0.15, 0.2) is 17.5 Å². The molecule has 1 saturated carbocycles. The molecule has 2 fully saturated rings. The lowest BCUT2D eigenvalue weighted by molar-refractivity contribution is 0.198. The number of guanidine groups is 1. The zero-order valence-corrected chi connectivity index (χ0v) is 21.6. The number of aliphatic imine (C=N–C) groups is 1. The second-order valence-electron chi connectivity index (χ2n) is 8.55. The summed E-state index contributed by atoms with van der Waals surface area (Å²) in [4.78, 5) is 6.91. The molecule has 0 amide bonds. The maximum Gasteiger partial charge on any atom is 0.191 e. The minimum absolute atomic E-state index is 0. The lowest BCUT2D eigenvalue weighted by Gasteiger charge is -2.33. The van der Waals surface area contributed by atoms with Crippen molar-refractivity contribution >= 4 is 29.9 Å². The number of hydrogen-bond acceptors (Lipinski definition) is 4. The van der Waals surface area contributed by atoms with Crippen LogP contribution in [0, 0.1) is 0 Å². The topological polar surface area (TPSA) is 58.1 Å². The quantitative estimate of drug-likeness (QED) is 0.222. The molecule has 2 aliphatic rings. The monoisotopic (exact) mass is 542 g/mol. The summed E-state index contributed by atoms with van der Waals surface area (Å²) in [5, 5.41) is 7.06. The van der Waals surface area contributed by atoms with E-state index < -0.39 is 0 Å². The van der Waals surface area contributed by atoms with Crippen molar-refractivity contribution in [2.24, 2.45) is 4.99 Å². The van der Waals surface area contributed by atoms with E-state index in [0.29, 0.717) is 18.7 Å². The highest BCUT2D eigenvalue weighted by Gasteiger charge is 2.22. The molecule has 1 aromatic carbocycles. The molecule has 31 heavy (non-hydrogen) atoms. The van der Waals surface area contributed by atoms with E-state index in [9.17, 15) is 0 Å². The Kier molecular flexibility index (Phi) is 10.9. The van der Waals surface area contributed by atoms with Gasteiger partial charge in [-0.15, -0.1) is 24.0 Å². The van der Waals surface area contributed by atoms with Crippen LogP contribution < -0.4 is 20.1 Å². The Labute approximate surface area is 204 Å². The molecule has 1 saturated heterocycles. The van der Waals surface area contributed by atoms with Gasteiger partial charge in [0.1, 0.15) is 0 Å². The standard InChI is InChI=1S/C24H38N4O2.HI/c1-18(2)17-28-14-12-20(13-15-28)27-24(25-3)26-16-19-8-7-11-22(29-4)23(19)30-21-9-5-6-10-21;/h7-8,11,20-21H,1,5-6,9-10,12-17H2,2-4H3,(H2,25,26,27);1H. The van der Waals surface area contributed by atoms with Crippen LogP contribution in [0.5, 0.6) is 11.5 Å². The van der Waals surface area contributed by atoms with Gasteiger partial charge in [0.05, 0.1) is 13.2 Å². The molecule has 2 N–H and O–H groups in total. The van der Waals surface area contributed by atoms with Crippen LogP contribution in [0.4, 0.5) is 0 Å². The van der Waals surface area contributed by atoms with Crippen molar-refractivity contribution in [3.05, 3.63) is 35.9 Å². The third-order valence-electron chi connectivity index (χ3n) is 5.96. The molecule has 174 valence electrons. The van der Waals surface area contributed by atoms with Crippen LogP contribution in [0.2, 0.25) is 0 Å².